The molecule has 110 valence electrons. The van der Waals surface area contributed by atoms with Crippen molar-refractivity contribution in [1.82, 2.24) is 4.98 Å². The minimum Gasteiger partial charge on any atom is -0.381 e. The molecule has 1 N–H and O–H groups in total. The molecular weight excluding hydrogens is 326 g/mol. The summed E-state index contributed by atoms with van der Waals surface area (Å²) in [5, 5.41) is 3.64. The normalized spacial score (nSPS) is 16.0. The van der Waals surface area contributed by atoms with E-state index in [-0.39, 0.29) is 0 Å². The number of nitrogens with one attached hydrogen (secondary N) is 1. The van der Waals surface area contributed by atoms with Gasteiger partial charge in [0.15, 0.2) is 0 Å². The van der Waals surface area contributed by atoms with Crippen LogP contribution in [0.1, 0.15) is 18.5 Å². The number of anilines is 2. The van der Waals surface area contributed by atoms with Crippen molar-refractivity contribution < 1.29 is 0 Å². The van der Waals surface area contributed by atoms with Gasteiger partial charge in [0.1, 0.15) is 4.60 Å². The van der Waals surface area contributed by atoms with Gasteiger partial charge in [-0.1, -0.05) is 18.2 Å². The number of para-hydroxylation sites is 1. The molecule has 2 aromatic rings. The number of aryl methyl sites for hydroxylation is 1. The number of pyridine rings is 1. The molecule has 1 fully saturated rings. The highest BCUT2D eigenvalue weighted by Crippen LogP contribution is 2.23. The number of hydrogen-bond acceptors (Lipinski definition) is 3. The van der Waals surface area contributed by atoms with Gasteiger partial charge in [-0.25, -0.2) is 4.98 Å². The van der Waals surface area contributed by atoms with Gasteiger partial charge in [-0.15, -0.1) is 0 Å². The molecule has 1 aliphatic heterocycles. The Labute approximate surface area is 134 Å². The molecular formula is C17H20BrN3. The van der Waals surface area contributed by atoms with Crippen LogP contribution in [0, 0.1) is 6.92 Å². The molecule has 0 saturated carbocycles. The molecule has 0 amide bonds. The Kier molecular flexibility index (Phi) is 4.44. The zero-order valence-electron chi connectivity index (χ0n) is 12.2. The van der Waals surface area contributed by atoms with E-state index in [1.807, 2.05) is 13.0 Å². The van der Waals surface area contributed by atoms with E-state index >= 15 is 0 Å². The van der Waals surface area contributed by atoms with Gasteiger partial charge in [0.2, 0.25) is 0 Å². The number of nitrogens with zero attached hydrogens (tertiary/aromatic N) is 2. The lowest BCUT2D eigenvalue weighted by molar-refractivity contribution is 0.526. The lowest BCUT2D eigenvalue weighted by Gasteiger charge is -2.34. The van der Waals surface area contributed by atoms with Gasteiger partial charge in [-0.05, 0) is 60.0 Å². The molecule has 0 unspecified atom stereocenters. The second-order valence-corrected chi connectivity index (χ2v) is 6.32. The molecule has 1 aromatic carbocycles. The van der Waals surface area contributed by atoms with E-state index < -0.39 is 0 Å². The van der Waals surface area contributed by atoms with E-state index in [9.17, 15) is 0 Å². The molecule has 3 rings (SSSR count). The van der Waals surface area contributed by atoms with Crippen molar-refractivity contribution in [3.8, 4) is 0 Å². The number of rotatable bonds is 3. The lowest BCUT2D eigenvalue weighted by atomic mass is 10.0. The fraction of sp³-hybridized carbons (Fsp3) is 0.353. The maximum atomic E-state index is 4.45. The van der Waals surface area contributed by atoms with Crippen molar-refractivity contribution >= 4 is 27.3 Å². The summed E-state index contributed by atoms with van der Waals surface area (Å²) in [5.41, 5.74) is 3.53. The Morgan fingerprint density at radius 2 is 1.81 bits per heavy atom. The first-order chi connectivity index (χ1) is 10.2. The Hall–Kier alpha value is -1.55. The van der Waals surface area contributed by atoms with E-state index in [1.54, 1.807) is 0 Å². The molecule has 4 heteroatoms. The van der Waals surface area contributed by atoms with Crippen molar-refractivity contribution in [2.75, 3.05) is 23.3 Å². The number of benzene rings is 1. The van der Waals surface area contributed by atoms with Gasteiger partial charge in [-0.2, -0.15) is 0 Å². The maximum Gasteiger partial charge on any atom is 0.106 e. The first-order valence-corrected chi connectivity index (χ1v) is 8.21. The molecule has 2 heterocycles. The highest BCUT2D eigenvalue weighted by atomic mass is 79.9. The molecule has 0 atom stereocenters. The maximum absolute atomic E-state index is 4.45. The largest absolute Gasteiger partial charge is 0.381 e. The molecule has 1 aromatic heterocycles. The van der Waals surface area contributed by atoms with Gasteiger partial charge >= 0.3 is 0 Å². The van der Waals surface area contributed by atoms with Crippen molar-refractivity contribution in [2.45, 2.75) is 25.8 Å². The van der Waals surface area contributed by atoms with Crippen LogP contribution in [0.5, 0.6) is 0 Å². The minimum absolute atomic E-state index is 0.534. The SMILES string of the molecule is Cc1nc(Br)ccc1NC1CCN(c2ccccc2)CC1. The number of piperidine rings is 1. The van der Waals surface area contributed by atoms with Gasteiger partial charge in [0, 0.05) is 24.8 Å². The molecule has 3 nitrogen and oxygen atoms in total. The average molecular weight is 346 g/mol. The van der Waals surface area contributed by atoms with E-state index in [0.29, 0.717) is 6.04 Å². The van der Waals surface area contributed by atoms with E-state index in [4.69, 9.17) is 0 Å². The second kappa shape index (κ2) is 6.48. The van der Waals surface area contributed by atoms with Crippen LogP contribution in [-0.4, -0.2) is 24.1 Å². The molecule has 1 saturated heterocycles. The molecule has 0 spiro atoms. The Balaban J connectivity index is 1.59. The van der Waals surface area contributed by atoms with Crippen LogP contribution in [0.25, 0.3) is 0 Å². The monoisotopic (exact) mass is 345 g/mol. The highest BCUT2D eigenvalue weighted by Gasteiger charge is 2.19. The van der Waals surface area contributed by atoms with Crippen molar-refractivity contribution in [2.24, 2.45) is 0 Å². The molecule has 0 aliphatic carbocycles. The van der Waals surface area contributed by atoms with Gasteiger partial charge in [0.05, 0.1) is 11.4 Å². The van der Waals surface area contributed by atoms with E-state index in [0.717, 1.165) is 41.9 Å². The number of hydrogen-bond donors (Lipinski definition) is 1. The van der Waals surface area contributed by atoms with Crippen LogP contribution in [0.15, 0.2) is 47.1 Å². The second-order valence-electron chi connectivity index (χ2n) is 5.51. The predicted octanol–water partition coefficient (Wildman–Crippen LogP) is 4.23. The Morgan fingerprint density at radius 1 is 1.10 bits per heavy atom. The summed E-state index contributed by atoms with van der Waals surface area (Å²) in [6.45, 7) is 4.25. The van der Waals surface area contributed by atoms with Crippen LogP contribution in [0.2, 0.25) is 0 Å². The van der Waals surface area contributed by atoms with E-state index in [2.05, 4.69) is 67.5 Å². The Morgan fingerprint density at radius 3 is 2.48 bits per heavy atom. The van der Waals surface area contributed by atoms with Crippen LogP contribution >= 0.6 is 15.9 Å². The first kappa shape index (κ1) is 14.4. The van der Waals surface area contributed by atoms with Crippen LogP contribution < -0.4 is 10.2 Å². The van der Waals surface area contributed by atoms with Gasteiger partial charge < -0.3 is 10.2 Å². The van der Waals surface area contributed by atoms with Crippen molar-refractivity contribution in [3.63, 3.8) is 0 Å². The smallest absolute Gasteiger partial charge is 0.106 e. The van der Waals surface area contributed by atoms with Gasteiger partial charge in [0.25, 0.3) is 0 Å². The summed E-state index contributed by atoms with van der Waals surface area (Å²) in [6.07, 6.45) is 2.31. The lowest BCUT2D eigenvalue weighted by Crippen LogP contribution is -2.39. The zero-order valence-corrected chi connectivity index (χ0v) is 13.8. The number of aromatic nitrogens is 1. The summed E-state index contributed by atoms with van der Waals surface area (Å²) in [5.74, 6) is 0. The Bertz CT molecular complexity index is 592. The summed E-state index contributed by atoms with van der Waals surface area (Å²) >= 11 is 3.41. The zero-order chi connectivity index (χ0) is 14.7. The first-order valence-electron chi connectivity index (χ1n) is 7.42. The third-order valence-corrected chi connectivity index (χ3v) is 4.47. The number of halogens is 1. The quantitative estimate of drug-likeness (QED) is 0.843. The van der Waals surface area contributed by atoms with Crippen LogP contribution in [-0.2, 0) is 0 Å². The summed E-state index contributed by atoms with van der Waals surface area (Å²) in [7, 11) is 0. The fourth-order valence-electron chi connectivity index (χ4n) is 2.82. The van der Waals surface area contributed by atoms with Gasteiger partial charge in [-0.3, -0.25) is 0 Å². The van der Waals surface area contributed by atoms with E-state index in [1.165, 1.54) is 5.69 Å². The predicted molar refractivity (Wildman–Crippen MR) is 92.0 cm³/mol. The summed E-state index contributed by atoms with van der Waals surface area (Å²) in [6, 6.07) is 15.3. The molecule has 1 aliphatic rings. The summed E-state index contributed by atoms with van der Waals surface area (Å²) < 4.78 is 0.893. The average Bonchev–Trinajstić information content (AvgIpc) is 2.52. The van der Waals surface area contributed by atoms with Crippen molar-refractivity contribution in [1.29, 1.82) is 0 Å². The third-order valence-electron chi connectivity index (χ3n) is 4.03. The topological polar surface area (TPSA) is 28.2 Å². The fourth-order valence-corrected chi connectivity index (χ4v) is 3.22. The highest BCUT2D eigenvalue weighted by molar-refractivity contribution is 9.10. The molecule has 0 radical (unpaired) electrons. The standard InChI is InChI=1S/C17H20BrN3/c1-13-16(7-8-17(18)19-13)20-14-9-11-21(12-10-14)15-5-3-2-4-6-15/h2-8,14,20H,9-12H2,1H3. The van der Waals surface area contributed by atoms with Crippen LogP contribution in [0.3, 0.4) is 0 Å². The third kappa shape index (κ3) is 3.56. The molecule has 21 heavy (non-hydrogen) atoms. The summed E-state index contributed by atoms with van der Waals surface area (Å²) in [4.78, 5) is 6.91. The van der Waals surface area contributed by atoms with Crippen LogP contribution in [0.4, 0.5) is 11.4 Å². The molecule has 0 bridgehead atoms. The minimum atomic E-state index is 0.534. The van der Waals surface area contributed by atoms with Crippen molar-refractivity contribution in [3.05, 3.63) is 52.8 Å².